The molecule has 4 rings (SSSR count). The van der Waals surface area contributed by atoms with Crippen LogP contribution in [-0.4, -0.2) is 29.3 Å². The average Bonchev–Trinajstić information content (AvgIpc) is 3.19. The first kappa shape index (κ1) is 18.6. The van der Waals surface area contributed by atoms with Gasteiger partial charge in [0.15, 0.2) is 0 Å². The van der Waals surface area contributed by atoms with Crippen LogP contribution in [0.3, 0.4) is 0 Å². The Morgan fingerprint density at radius 2 is 1.93 bits per heavy atom. The third-order valence-corrected chi connectivity index (χ3v) is 4.98. The van der Waals surface area contributed by atoms with Crippen molar-refractivity contribution >= 4 is 17.3 Å². The minimum atomic E-state index is -0.0601. The van der Waals surface area contributed by atoms with E-state index in [2.05, 4.69) is 9.88 Å². The standard InChI is InChI=1S/C22H21ClN2O3/c23-20-7-4-11-24-22(20)28-19-10-12-25(14-19)21-9-8-18(13-16(21)15-26)27-17-5-2-1-3-6-17/h1-9,11,13,19,26H,10,12,14-15H2/t19-/m0/s1. The number of hydrogen-bond donors (Lipinski definition) is 1. The van der Waals surface area contributed by atoms with Crippen LogP contribution in [-0.2, 0) is 6.61 Å². The summed E-state index contributed by atoms with van der Waals surface area (Å²) in [6, 6.07) is 18.9. The molecular formula is C22H21ClN2O3. The molecule has 1 aliphatic rings. The summed E-state index contributed by atoms with van der Waals surface area (Å²) in [5, 5.41) is 10.4. The van der Waals surface area contributed by atoms with Crippen LogP contribution in [0, 0.1) is 0 Å². The van der Waals surface area contributed by atoms with Crippen LogP contribution in [0.25, 0.3) is 0 Å². The van der Waals surface area contributed by atoms with Gasteiger partial charge in [0, 0.05) is 30.4 Å². The Morgan fingerprint density at radius 1 is 1.07 bits per heavy atom. The normalized spacial score (nSPS) is 16.2. The van der Waals surface area contributed by atoms with Crippen LogP contribution in [0.2, 0.25) is 5.02 Å². The van der Waals surface area contributed by atoms with Gasteiger partial charge in [-0.15, -0.1) is 0 Å². The summed E-state index contributed by atoms with van der Waals surface area (Å²) in [7, 11) is 0. The zero-order valence-electron chi connectivity index (χ0n) is 15.3. The number of ether oxygens (including phenoxy) is 2. The molecule has 1 saturated heterocycles. The Balaban J connectivity index is 1.46. The maximum absolute atomic E-state index is 9.87. The minimum Gasteiger partial charge on any atom is -0.471 e. The van der Waals surface area contributed by atoms with E-state index in [1.54, 1.807) is 18.3 Å². The molecule has 0 unspecified atom stereocenters. The van der Waals surface area contributed by atoms with Crippen LogP contribution in [0.15, 0.2) is 66.9 Å². The van der Waals surface area contributed by atoms with E-state index in [0.717, 1.165) is 30.0 Å². The van der Waals surface area contributed by atoms with E-state index in [9.17, 15) is 5.11 Å². The number of hydrogen-bond acceptors (Lipinski definition) is 5. The average molecular weight is 397 g/mol. The fourth-order valence-electron chi connectivity index (χ4n) is 3.34. The molecule has 0 saturated carbocycles. The third kappa shape index (κ3) is 4.21. The summed E-state index contributed by atoms with van der Waals surface area (Å²) in [4.78, 5) is 6.40. The van der Waals surface area contributed by atoms with Crippen molar-refractivity contribution in [2.75, 3.05) is 18.0 Å². The summed E-state index contributed by atoms with van der Waals surface area (Å²) >= 11 is 6.14. The van der Waals surface area contributed by atoms with Gasteiger partial charge in [0.1, 0.15) is 22.6 Å². The number of aliphatic hydroxyl groups is 1. The van der Waals surface area contributed by atoms with Gasteiger partial charge in [-0.1, -0.05) is 29.8 Å². The molecule has 0 spiro atoms. The molecule has 3 aromatic rings. The molecular weight excluding hydrogens is 376 g/mol. The van der Waals surface area contributed by atoms with E-state index < -0.39 is 0 Å². The summed E-state index contributed by atoms with van der Waals surface area (Å²) in [5.74, 6) is 1.93. The first-order valence-corrected chi connectivity index (χ1v) is 9.59. The molecule has 0 aliphatic carbocycles. The molecule has 2 aromatic carbocycles. The van der Waals surface area contributed by atoms with E-state index in [0.29, 0.717) is 23.2 Å². The first-order chi connectivity index (χ1) is 13.7. The fraction of sp³-hybridized carbons (Fsp3) is 0.227. The molecule has 1 aromatic heterocycles. The van der Waals surface area contributed by atoms with Crippen molar-refractivity contribution in [3.05, 3.63) is 77.4 Å². The molecule has 1 atom stereocenters. The van der Waals surface area contributed by atoms with Crippen LogP contribution < -0.4 is 14.4 Å². The van der Waals surface area contributed by atoms with E-state index in [-0.39, 0.29) is 12.7 Å². The largest absolute Gasteiger partial charge is 0.471 e. The van der Waals surface area contributed by atoms with Crippen molar-refractivity contribution in [2.45, 2.75) is 19.1 Å². The van der Waals surface area contributed by atoms with Crippen molar-refractivity contribution in [1.29, 1.82) is 0 Å². The Hall–Kier alpha value is -2.76. The van der Waals surface area contributed by atoms with E-state index in [4.69, 9.17) is 21.1 Å². The highest BCUT2D eigenvalue weighted by Gasteiger charge is 2.26. The lowest BCUT2D eigenvalue weighted by Gasteiger charge is -2.22. The maximum Gasteiger partial charge on any atom is 0.232 e. The Labute approximate surface area is 169 Å². The molecule has 2 heterocycles. The number of nitrogens with zero attached hydrogens (tertiary/aromatic N) is 2. The summed E-state index contributed by atoms with van der Waals surface area (Å²) in [6.07, 6.45) is 2.53. The molecule has 6 heteroatoms. The number of aromatic nitrogens is 1. The van der Waals surface area contributed by atoms with Gasteiger partial charge in [-0.25, -0.2) is 4.98 Å². The van der Waals surface area contributed by atoms with Crippen LogP contribution >= 0.6 is 11.6 Å². The Bertz CT molecular complexity index is 936. The molecule has 0 amide bonds. The van der Waals surface area contributed by atoms with Crippen molar-refractivity contribution in [1.82, 2.24) is 4.98 Å². The highest BCUT2D eigenvalue weighted by Crippen LogP contribution is 2.32. The lowest BCUT2D eigenvalue weighted by molar-refractivity contribution is 0.216. The van der Waals surface area contributed by atoms with Crippen molar-refractivity contribution in [3.63, 3.8) is 0 Å². The smallest absolute Gasteiger partial charge is 0.232 e. The van der Waals surface area contributed by atoms with Crippen LogP contribution in [0.1, 0.15) is 12.0 Å². The highest BCUT2D eigenvalue weighted by atomic mass is 35.5. The third-order valence-electron chi connectivity index (χ3n) is 4.69. The Morgan fingerprint density at radius 3 is 2.71 bits per heavy atom. The fourth-order valence-corrected chi connectivity index (χ4v) is 3.51. The van der Waals surface area contributed by atoms with Crippen molar-refractivity contribution in [2.24, 2.45) is 0 Å². The molecule has 5 nitrogen and oxygen atoms in total. The number of aliphatic hydroxyl groups excluding tert-OH is 1. The first-order valence-electron chi connectivity index (χ1n) is 9.22. The quantitative estimate of drug-likeness (QED) is 0.655. The van der Waals surface area contributed by atoms with Gasteiger partial charge in [0.05, 0.1) is 13.2 Å². The summed E-state index contributed by atoms with van der Waals surface area (Å²) in [6.45, 7) is 1.48. The lowest BCUT2D eigenvalue weighted by Crippen LogP contribution is -2.25. The number of anilines is 1. The second-order valence-electron chi connectivity index (χ2n) is 6.63. The van der Waals surface area contributed by atoms with Gasteiger partial charge in [0.25, 0.3) is 0 Å². The van der Waals surface area contributed by atoms with Crippen molar-refractivity contribution < 1.29 is 14.6 Å². The molecule has 1 aliphatic heterocycles. The van der Waals surface area contributed by atoms with Crippen LogP contribution in [0.4, 0.5) is 5.69 Å². The molecule has 1 N–H and O–H groups in total. The molecule has 144 valence electrons. The summed E-state index contributed by atoms with van der Waals surface area (Å²) < 4.78 is 11.8. The number of para-hydroxylation sites is 1. The van der Waals surface area contributed by atoms with E-state index >= 15 is 0 Å². The SMILES string of the molecule is OCc1cc(Oc2ccccc2)ccc1N1CC[C@H](Oc2ncccc2Cl)C1. The number of halogens is 1. The molecule has 1 fully saturated rings. The Kier molecular flexibility index (Phi) is 5.65. The van der Waals surface area contributed by atoms with Gasteiger partial charge in [-0.2, -0.15) is 0 Å². The topological polar surface area (TPSA) is 54.8 Å². The van der Waals surface area contributed by atoms with E-state index in [1.165, 1.54) is 0 Å². The second-order valence-corrected chi connectivity index (χ2v) is 7.04. The predicted octanol–water partition coefficient (Wildman–Crippen LogP) is 4.68. The monoisotopic (exact) mass is 396 g/mol. The number of pyridine rings is 1. The maximum atomic E-state index is 9.87. The molecule has 0 bridgehead atoms. The molecule has 28 heavy (non-hydrogen) atoms. The lowest BCUT2D eigenvalue weighted by atomic mass is 10.1. The van der Waals surface area contributed by atoms with Crippen molar-refractivity contribution in [3.8, 4) is 17.4 Å². The van der Waals surface area contributed by atoms with Crippen LogP contribution in [0.5, 0.6) is 17.4 Å². The van der Waals surface area contributed by atoms with Gasteiger partial charge in [-0.3, -0.25) is 0 Å². The van der Waals surface area contributed by atoms with E-state index in [1.807, 2.05) is 48.5 Å². The van der Waals surface area contributed by atoms with Gasteiger partial charge >= 0.3 is 0 Å². The predicted molar refractivity (Wildman–Crippen MR) is 109 cm³/mol. The minimum absolute atomic E-state index is 0.000752. The molecule has 0 radical (unpaired) electrons. The zero-order valence-corrected chi connectivity index (χ0v) is 16.0. The second kappa shape index (κ2) is 8.50. The highest BCUT2D eigenvalue weighted by molar-refractivity contribution is 6.31. The number of benzene rings is 2. The van der Waals surface area contributed by atoms with Gasteiger partial charge < -0.3 is 19.5 Å². The number of rotatable bonds is 6. The zero-order chi connectivity index (χ0) is 19.3. The van der Waals surface area contributed by atoms with Gasteiger partial charge in [-0.05, 0) is 42.5 Å². The summed E-state index contributed by atoms with van der Waals surface area (Å²) in [5.41, 5.74) is 1.81. The van der Waals surface area contributed by atoms with Gasteiger partial charge in [0.2, 0.25) is 5.88 Å².